The molecule has 0 spiro atoms. The summed E-state index contributed by atoms with van der Waals surface area (Å²) in [5.74, 6) is -0.126. The Morgan fingerprint density at radius 2 is 1.76 bits per heavy atom. The molecule has 1 saturated heterocycles. The molecule has 21 heavy (non-hydrogen) atoms. The Hall–Kier alpha value is -0.200. The summed E-state index contributed by atoms with van der Waals surface area (Å²) < 4.78 is 14.7. The van der Waals surface area contributed by atoms with Crippen molar-refractivity contribution in [3.8, 4) is 0 Å². The number of hydrogen-bond donors (Lipinski definition) is 1. The van der Waals surface area contributed by atoms with Crippen LogP contribution in [0, 0.1) is 5.82 Å². The molecule has 1 heterocycles. The molecule has 0 aromatic heterocycles. The Balaban J connectivity index is 0.00000220. The van der Waals surface area contributed by atoms with Crippen molar-refractivity contribution in [2.75, 3.05) is 32.7 Å². The van der Waals surface area contributed by atoms with Crippen LogP contribution in [0.2, 0.25) is 0 Å². The SMILES string of the molecule is CC(C)(N)CN1CCN(Cc2cc(Br)ccc2F)CC1.Cl. The first-order chi connectivity index (χ1) is 9.33. The van der Waals surface area contributed by atoms with Crippen LogP contribution in [0.1, 0.15) is 19.4 Å². The summed E-state index contributed by atoms with van der Waals surface area (Å²) in [6.45, 7) is 9.60. The summed E-state index contributed by atoms with van der Waals surface area (Å²) >= 11 is 3.40. The van der Waals surface area contributed by atoms with Gasteiger partial charge in [-0.25, -0.2) is 4.39 Å². The molecule has 1 fully saturated rings. The third-order valence-corrected chi connectivity index (χ3v) is 3.99. The molecule has 0 saturated carbocycles. The number of piperazine rings is 1. The predicted molar refractivity (Wildman–Crippen MR) is 91.3 cm³/mol. The second-order valence-corrected chi connectivity index (χ2v) is 7.19. The average Bonchev–Trinajstić information content (AvgIpc) is 2.34. The zero-order chi connectivity index (χ0) is 14.8. The molecule has 0 unspecified atom stereocenters. The molecule has 2 N–H and O–H groups in total. The van der Waals surface area contributed by atoms with E-state index in [0.717, 1.165) is 42.8 Å². The zero-order valence-corrected chi connectivity index (χ0v) is 15.0. The maximum Gasteiger partial charge on any atom is 0.127 e. The minimum absolute atomic E-state index is 0. The van der Waals surface area contributed by atoms with E-state index in [-0.39, 0.29) is 23.8 Å². The van der Waals surface area contributed by atoms with Gasteiger partial charge in [0.25, 0.3) is 0 Å². The Morgan fingerprint density at radius 3 is 2.33 bits per heavy atom. The van der Waals surface area contributed by atoms with Crippen LogP contribution in [-0.2, 0) is 6.54 Å². The summed E-state index contributed by atoms with van der Waals surface area (Å²) in [5, 5.41) is 0. The van der Waals surface area contributed by atoms with E-state index < -0.39 is 0 Å². The van der Waals surface area contributed by atoms with Gasteiger partial charge in [0.2, 0.25) is 0 Å². The Bertz CT molecular complexity index is 457. The van der Waals surface area contributed by atoms with E-state index in [2.05, 4.69) is 39.6 Å². The topological polar surface area (TPSA) is 32.5 Å². The minimum atomic E-state index is -0.154. The van der Waals surface area contributed by atoms with E-state index in [4.69, 9.17) is 5.73 Å². The van der Waals surface area contributed by atoms with Crippen LogP contribution < -0.4 is 5.73 Å². The molecule has 0 amide bonds. The quantitative estimate of drug-likeness (QED) is 0.872. The monoisotopic (exact) mass is 379 g/mol. The van der Waals surface area contributed by atoms with Gasteiger partial charge in [0.1, 0.15) is 5.82 Å². The van der Waals surface area contributed by atoms with Crippen molar-refractivity contribution in [3.63, 3.8) is 0 Å². The van der Waals surface area contributed by atoms with Crippen LogP contribution in [0.4, 0.5) is 4.39 Å². The van der Waals surface area contributed by atoms with Crippen LogP contribution in [0.3, 0.4) is 0 Å². The fraction of sp³-hybridized carbons (Fsp3) is 0.600. The molecule has 0 atom stereocenters. The third-order valence-electron chi connectivity index (χ3n) is 3.50. The van der Waals surface area contributed by atoms with Gasteiger partial charge in [-0.3, -0.25) is 9.80 Å². The van der Waals surface area contributed by atoms with E-state index >= 15 is 0 Å². The van der Waals surface area contributed by atoms with Crippen molar-refractivity contribution >= 4 is 28.3 Å². The van der Waals surface area contributed by atoms with Crippen molar-refractivity contribution in [3.05, 3.63) is 34.1 Å². The van der Waals surface area contributed by atoms with Crippen molar-refractivity contribution < 1.29 is 4.39 Å². The lowest BCUT2D eigenvalue weighted by Gasteiger charge is -2.37. The first-order valence-electron chi connectivity index (χ1n) is 7.01. The molecule has 120 valence electrons. The standard InChI is InChI=1S/C15H23BrFN3.ClH/c1-15(2,18)11-20-7-5-19(6-8-20)10-12-9-13(16)3-4-14(12)17;/h3-4,9H,5-8,10-11,18H2,1-2H3;1H. The first kappa shape index (κ1) is 18.8. The molecule has 1 aliphatic rings. The highest BCUT2D eigenvalue weighted by Crippen LogP contribution is 2.18. The highest BCUT2D eigenvalue weighted by atomic mass is 79.9. The van der Waals surface area contributed by atoms with Gasteiger partial charge in [-0.15, -0.1) is 12.4 Å². The predicted octanol–water partition coefficient (Wildman–Crippen LogP) is 2.86. The number of nitrogens with zero attached hydrogens (tertiary/aromatic N) is 2. The van der Waals surface area contributed by atoms with Crippen molar-refractivity contribution in [2.45, 2.75) is 25.9 Å². The second kappa shape index (κ2) is 7.88. The lowest BCUT2D eigenvalue weighted by atomic mass is 10.1. The molecule has 1 aromatic rings. The summed E-state index contributed by atoms with van der Waals surface area (Å²) in [6, 6.07) is 5.12. The minimum Gasteiger partial charge on any atom is -0.324 e. The van der Waals surface area contributed by atoms with Crippen molar-refractivity contribution in [1.29, 1.82) is 0 Å². The van der Waals surface area contributed by atoms with E-state index in [9.17, 15) is 4.39 Å². The van der Waals surface area contributed by atoms with Gasteiger partial charge < -0.3 is 5.73 Å². The summed E-state index contributed by atoms with van der Waals surface area (Å²) in [6.07, 6.45) is 0. The molecule has 0 bridgehead atoms. The van der Waals surface area contributed by atoms with Gasteiger partial charge >= 0.3 is 0 Å². The van der Waals surface area contributed by atoms with Crippen LogP contribution in [-0.4, -0.2) is 48.1 Å². The highest BCUT2D eigenvalue weighted by molar-refractivity contribution is 9.10. The number of halogens is 3. The van der Waals surface area contributed by atoms with Gasteiger partial charge in [-0.05, 0) is 32.0 Å². The van der Waals surface area contributed by atoms with Gasteiger partial charge in [0, 0.05) is 54.8 Å². The number of nitrogens with two attached hydrogens (primary N) is 1. The number of benzene rings is 1. The molecule has 1 aliphatic heterocycles. The normalized spacial score (nSPS) is 17.6. The maximum atomic E-state index is 13.7. The molecule has 0 radical (unpaired) electrons. The fourth-order valence-corrected chi connectivity index (χ4v) is 3.00. The summed E-state index contributed by atoms with van der Waals surface area (Å²) in [5.41, 5.74) is 6.65. The van der Waals surface area contributed by atoms with Crippen molar-refractivity contribution in [1.82, 2.24) is 9.80 Å². The van der Waals surface area contributed by atoms with Gasteiger partial charge in [-0.2, -0.15) is 0 Å². The van der Waals surface area contributed by atoms with Crippen molar-refractivity contribution in [2.24, 2.45) is 5.73 Å². The van der Waals surface area contributed by atoms with E-state index in [1.165, 1.54) is 6.07 Å². The van der Waals surface area contributed by atoms with E-state index in [0.29, 0.717) is 6.54 Å². The lowest BCUT2D eigenvalue weighted by molar-refractivity contribution is 0.111. The van der Waals surface area contributed by atoms with E-state index in [1.54, 1.807) is 6.07 Å². The molecule has 1 aromatic carbocycles. The van der Waals surface area contributed by atoms with Gasteiger partial charge in [0.15, 0.2) is 0 Å². The molecule has 6 heteroatoms. The zero-order valence-electron chi connectivity index (χ0n) is 12.6. The Morgan fingerprint density at radius 1 is 1.19 bits per heavy atom. The number of rotatable bonds is 4. The summed E-state index contributed by atoms with van der Waals surface area (Å²) in [7, 11) is 0. The second-order valence-electron chi connectivity index (χ2n) is 6.28. The third kappa shape index (κ3) is 6.20. The van der Waals surface area contributed by atoms with Gasteiger partial charge in [-0.1, -0.05) is 15.9 Å². The molecule has 3 nitrogen and oxygen atoms in total. The fourth-order valence-electron chi connectivity index (χ4n) is 2.59. The largest absolute Gasteiger partial charge is 0.324 e. The van der Waals surface area contributed by atoms with Crippen LogP contribution >= 0.6 is 28.3 Å². The smallest absolute Gasteiger partial charge is 0.127 e. The molecule has 0 aliphatic carbocycles. The highest BCUT2D eigenvalue weighted by Gasteiger charge is 2.22. The van der Waals surface area contributed by atoms with Gasteiger partial charge in [0.05, 0.1) is 0 Å². The Kier molecular flexibility index (Phi) is 7.07. The van der Waals surface area contributed by atoms with E-state index in [1.807, 2.05) is 6.07 Å². The van der Waals surface area contributed by atoms with Crippen LogP contribution in [0.15, 0.2) is 22.7 Å². The number of hydrogen-bond acceptors (Lipinski definition) is 3. The van der Waals surface area contributed by atoms with Crippen LogP contribution in [0.25, 0.3) is 0 Å². The lowest BCUT2D eigenvalue weighted by Crippen LogP contribution is -2.52. The first-order valence-corrected chi connectivity index (χ1v) is 7.80. The van der Waals surface area contributed by atoms with Crippen LogP contribution in [0.5, 0.6) is 0 Å². The maximum absolute atomic E-state index is 13.7. The summed E-state index contributed by atoms with van der Waals surface area (Å²) in [4.78, 5) is 4.68. The Labute approximate surface area is 141 Å². The molecular formula is C15H24BrClFN3. The average molecular weight is 381 g/mol. The molecule has 2 rings (SSSR count). The molecular weight excluding hydrogens is 357 g/mol.